The van der Waals surface area contributed by atoms with E-state index in [1.807, 2.05) is 32.9 Å². The molecule has 2 atom stereocenters. The molecule has 0 aliphatic carbocycles. The van der Waals surface area contributed by atoms with Crippen molar-refractivity contribution >= 4 is 11.8 Å². The molecule has 0 aromatic heterocycles. The number of hydrogen-bond acceptors (Lipinski definition) is 4. The van der Waals surface area contributed by atoms with Crippen LogP contribution < -0.4 is 0 Å². The predicted molar refractivity (Wildman–Crippen MR) is 86.1 cm³/mol. The van der Waals surface area contributed by atoms with E-state index in [0.717, 1.165) is 16.7 Å². The van der Waals surface area contributed by atoms with Crippen LogP contribution >= 0.6 is 0 Å². The minimum absolute atomic E-state index is 0.204. The lowest BCUT2D eigenvalue weighted by atomic mass is 9.96. The molecule has 1 aromatic rings. The summed E-state index contributed by atoms with van der Waals surface area (Å²) in [7, 11) is 0. The Morgan fingerprint density at radius 3 is 2.27 bits per heavy atom. The molecule has 120 valence electrons. The van der Waals surface area contributed by atoms with E-state index < -0.39 is 18.2 Å². The molecule has 0 aliphatic rings. The van der Waals surface area contributed by atoms with Crippen molar-refractivity contribution in [3.05, 3.63) is 47.0 Å². The number of esters is 1. The Bertz CT molecular complexity index is 575. The van der Waals surface area contributed by atoms with Gasteiger partial charge in [-0.05, 0) is 57.4 Å². The summed E-state index contributed by atoms with van der Waals surface area (Å²) in [5.41, 5.74) is 3.63. The number of benzene rings is 1. The third kappa shape index (κ3) is 4.53. The van der Waals surface area contributed by atoms with Crippen molar-refractivity contribution in [3.63, 3.8) is 0 Å². The summed E-state index contributed by atoms with van der Waals surface area (Å²) in [6.45, 7) is 12.8. The zero-order valence-corrected chi connectivity index (χ0v) is 13.9. The summed E-state index contributed by atoms with van der Waals surface area (Å²) in [6.07, 6.45) is -0.0197. The van der Waals surface area contributed by atoms with Crippen LogP contribution in [0.5, 0.6) is 0 Å². The SMILES string of the molecule is C=CCOC(C)C(=O)OC(C)C(=O)c1cc(C)c(C)cc1C. The van der Waals surface area contributed by atoms with Crippen molar-refractivity contribution in [2.75, 3.05) is 6.61 Å². The first-order valence-electron chi connectivity index (χ1n) is 7.33. The number of carbonyl (C=O) groups excluding carboxylic acids is 2. The fraction of sp³-hybridized carbons (Fsp3) is 0.444. The van der Waals surface area contributed by atoms with E-state index in [1.54, 1.807) is 19.9 Å². The third-order valence-corrected chi connectivity index (χ3v) is 3.56. The van der Waals surface area contributed by atoms with Gasteiger partial charge < -0.3 is 9.47 Å². The average Bonchev–Trinajstić information content (AvgIpc) is 2.47. The minimum atomic E-state index is -0.844. The summed E-state index contributed by atoms with van der Waals surface area (Å²) < 4.78 is 10.4. The van der Waals surface area contributed by atoms with E-state index in [9.17, 15) is 9.59 Å². The van der Waals surface area contributed by atoms with E-state index in [2.05, 4.69) is 6.58 Å². The quantitative estimate of drug-likeness (QED) is 0.440. The first-order chi connectivity index (χ1) is 10.3. The first-order valence-corrected chi connectivity index (χ1v) is 7.33. The molecular weight excluding hydrogens is 280 g/mol. The van der Waals surface area contributed by atoms with Gasteiger partial charge in [0.05, 0.1) is 6.61 Å². The number of carbonyl (C=O) groups is 2. The fourth-order valence-corrected chi connectivity index (χ4v) is 2.05. The Balaban J connectivity index is 2.79. The Labute approximate surface area is 132 Å². The second-order valence-corrected chi connectivity index (χ2v) is 5.46. The summed E-state index contributed by atoms with van der Waals surface area (Å²) in [5, 5.41) is 0. The molecule has 0 N–H and O–H groups in total. The number of aryl methyl sites for hydroxylation is 3. The molecule has 4 nitrogen and oxygen atoms in total. The van der Waals surface area contributed by atoms with E-state index in [-0.39, 0.29) is 12.4 Å². The summed E-state index contributed by atoms with van der Waals surface area (Å²) in [4.78, 5) is 24.3. The second-order valence-electron chi connectivity index (χ2n) is 5.46. The molecule has 1 aromatic carbocycles. The van der Waals surface area contributed by atoms with Crippen molar-refractivity contribution in [2.24, 2.45) is 0 Å². The molecule has 0 aliphatic heterocycles. The Morgan fingerprint density at radius 1 is 1.09 bits per heavy atom. The molecule has 0 bridgehead atoms. The lowest BCUT2D eigenvalue weighted by Crippen LogP contribution is -2.31. The zero-order valence-electron chi connectivity index (χ0n) is 13.9. The third-order valence-electron chi connectivity index (χ3n) is 3.56. The lowest BCUT2D eigenvalue weighted by Gasteiger charge is -2.17. The maximum atomic E-state index is 12.5. The van der Waals surface area contributed by atoms with Crippen LogP contribution in [0.25, 0.3) is 0 Å². The second kappa shape index (κ2) is 7.90. The summed E-state index contributed by atoms with van der Waals surface area (Å²) >= 11 is 0. The lowest BCUT2D eigenvalue weighted by molar-refractivity contribution is -0.157. The van der Waals surface area contributed by atoms with Gasteiger partial charge in [-0.3, -0.25) is 4.79 Å². The van der Waals surface area contributed by atoms with Crippen LogP contribution in [0.15, 0.2) is 24.8 Å². The molecular formula is C18H24O4. The molecule has 0 spiro atoms. The molecule has 0 fully saturated rings. The number of ketones is 1. The van der Waals surface area contributed by atoms with Crippen molar-refractivity contribution in [3.8, 4) is 0 Å². The van der Waals surface area contributed by atoms with E-state index in [1.165, 1.54) is 0 Å². The molecule has 22 heavy (non-hydrogen) atoms. The molecule has 4 heteroatoms. The largest absolute Gasteiger partial charge is 0.452 e. The van der Waals surface area contributed by atoms with Crippen LogP contribution in [-0.4, -0.2) is 30.6 Å². The zero-order chi connectivity index (χ0) is 16.9. The van der Waals surface area contributed by atoms with Gasteiger partial charge in [0.2, 0.25) is 5.78 Å². The van der Waals surface area contributed by atoms with Crippen LogP contribution in [0.4, 0.5) is 0 Å². The standard InChI is InChI=1S/C18H24O4/c1-7-8-21-15(6)18(20)22-14(5)17(19)16-10-12(3)11(2)9-13(16)4/h7,9-10,14-15H,1,8H2,2-6H3. The molecule has 0 saturated heterocycles. The number of rotatable bonds is 7. The number of hydrogen-bond donors (Lipinski definition) is 0. The van der Waals surface area contributed by atoms with Gasteiger partial charge in [0.25, 0.3) is 0 Å². The Hall–Kier alpha value is -1.94. The Morgan fingerprint density at radius 2 is 1.68 bits per heavy atom. The molecule has 0 amide bonds. The van der Waals surface area contributed by atoms with Gasteiger partial charge in [0.15, 0.2) is 12.2 Å². The first kappa shape index (κ1) is 18.1. The van der Waals surface area contributed by atoms with Crippen LogP contribution in [0.3, 0.4) is 0 Å². The monoisotopic (exact) mass is 304 g/mol. The molecule has 0 saturated carbocycles. The summed E-state index contributed by atoms with van der Waals surface area (Å²) in [6, 6.07) is 3.81. The van der Waals surface area contributed by atoms with E-state index in [0.29, 0.717) is 5.56 Å². The molecule has 0 radical (unpaired) electrons. The summed E-state index contributed by atoms with van der Waals surface area (Å²) in [5.74, 6) is -0.756. The topological polar surface area (TPSA) is 52.6 Å². The molecule has 0 heterocycles. The fourth-order valence-electron chi connectivity index (χ4n) is 2.05. The average molecular weight is 304 g/mol. The van der Waals surface area contributed by atoms with Gasteiger partial charge >= 0.3 is 5.97 Å². The van der Waals surface area contributed by atoms with Gasteiger partial charge in [-0.2, -0.15) is 0 Å². The van der Waals surface area contributed by atoms with Gasteiger partial charge in [-0.1, -0.05) is 12.1 Å². The van der Waals surface area contributed by atoms with Gasteiger partial charge in [0, 0.05) is 5.56 Å². The van der Waals surface area contributed by atoms with Crippen LogP contribution in [0, 0.1) is 20.8 Å². The van der Waals surface area contributed by atoms with Gasteiger partial charge in [0.1, 0.15) is 0 Å². The highest BCUT2D eigenvalue weighted by Gasteiger charge is 2.24. The Kier molecular flexibility index (Phi) is 6.50. The highest BCUT2D eigenvalue weighted by molar-refractivity contribution is 6.01. The maximum absolute atomic E-state index is 12.5. The number of Topliss-reactive ketones (excluding diaryl/α,β-unsaturated/α-hetero) is 1. The minimum Gasteiger partial charge on any atom is -0.452 e. The highest BCUT2D eigenvalue weighted by atomic mass is 16.6. The number of ether oxygens (including phenoxy) is 2. The van der Waals surface area contributed by atoms with Crippen molar-refractivity contribution in [1.29, 1.82) is 0 Å². The van der Waals surface area contributed by atoms with E-state index >= 15 is 0 Å². The van der Waals surface area contributed by atoms with Gasteiger partial charge in [-0.25, -0.2) is 4.79 Å². The predicted octanol–water partition coefficient (Wildman–Crippen LogP) is 3.32. The van der Waals surface area contributed by atoms with Crippen molar-refractivity contribution in [2.45, 2.75) is 46.8 Å². The van der Waals surface area contributed by atoms with Crippen LogP contribution in [-0.2, 0) is 14.3 Å². The smallest absolute Gasteiger partial charge is 0.335 e. The van der Waals surface area contributed by atoms with Crippen LogP contribution in [0.1, 0.15) is 40.9 Å². The van der Waals surface area contributed by atoms with Crippen LogP contribution in [0.2, 0.25) is 0 Å². The normalized spacial score (nSPS) is 13.3. The molecule has 1 rings (SSSR count). The van der Waals surface area contributed by atoms with E-state index in [4.69, 9.17) is 9.47 Å². The van der Waals surface area contributed by atoms with Crippen molar-refractivity contribution < 1.29 is 19.1 Å². The maximum Gasteiger partial charge on any atom is 0.335 e. The highest BCUT2D eigenvalue weighted by Crippen LogP contribution is 2.18. The van der Waals surface area contributed by atoms with Crippen molar-refractivity contribution in [1.82, 2.24) is 0 Å². The van der Waals surface area contributed by atoms with Gasteiger partial charge in [-0.15, -0.1) is 6.58 Å². The molecule has 2 unspecified atom stereocenters.